The van der Waals surface area contributed by atoms with Crippen molar-refractivity contribution >= 4 is 23.8 Å². The van der Waals surface area contributed by atoms with E-state index < -0.39 is 35.6 Å². The molecule has 0 radical (unpaired) electrons. The van der Waals surface area contributed by atoms with Crippen molar-refractivity contribution in [2.45, 2.75) is 64.1 Å². The molecular formula is C22H36N4O5. The van der Waals surface area contributed by atoms with Crippen molar-refractivity contribution in [3.63, 3.8) is 0 Å². The molecule has 3 N–H and O–H groups in total. The van der Waals surface area contributed by atoms with Crippen molar-refractivity contribution in [2.24, 2.45) is 5.92 Å². The number of likely N-dealkylation sites (N-methyl/N-ethyl adjacent to an activating group) is 1. The average molecular weight is 437 g/mol. The number of hydrogen-bond donors (Lipinski definition) is 3. The summed E-state index contributed by atoms with van der Waals surface area (Å²) in [6.45, 7) is 12.3. The number of allylic oxidation sites excluding steroid dienone is 1. The van der Waals surface area contributed by atoms with Crippen LogP contribution in [0.4, 0.5) is 4.79 Å². The lowest BCUT2D eigenvalue weighted by Gasteiger charge is -2.29. The largest absolute Gasteiger partial charge is 0.444 e. The van der Waals surface area contributed by atoms with E-state index >= 15 is 0 Å². The van der Waals surface area contributed by atoms with Gasteiger partial charge < -0.3 is 25.6 Å². The highest BCUT2D eigenvalue weighted by Crippen LogP contribution is 2.29. The molecule has 2 rings (SSSR count). The molecule has 0 spiro atoms. The molecule has 9 heteroatoms. The fourth-order valence-corrected chi connectivity index (χ4v) is 2.93. The summed E-state index contributed by atoms with van der Waals surface area (Å²) in [5.74, 6) is -0.290. The van der Waals surface area contributed by atoms with Crippen LogP contribution in [0.3, 0.4) is 0 Å². The minimum Gasteiger partial charge on any atom is -0.444 e. The normalized spacial score (nSPS) is 18.6. The summed E-state index contributed by atoms with van der Waals surface area (Å²) < 4.78 is 5.18. The number of ether oxygens (including phenoxy) is 1. The third-order valence-corrected chi connectivity index (χ3v) is 4.70. The highest BCUT2D eigenvalue weighted by molar-refractivity contribution is 5.93. The van der Waals surface area contributed by atoms with Gasteiger partial charge in [-0.05, 0) is 58.4 Å². The summed E-state index contributed by atoms with van der Waals surface area (Å²) in [6.07, 6.45) is 6.33. The lowest BCUT2D eigenvalue weighted by molar-refractivity contribution is -0.139. The van der Waals surface area contributed by atoms with Gasteiger partial charge in [0.15, 0.2) is 0 Å². The molecule has 2 aliphatic rings. The van der Waals surface area contributed by atoms with Gasteiger partial charge in [0.1, 0.15) is 17.7 Å². The highest BCUT2D eigenvalue weighted by Gasteiger charge is 2.37. The van der Waals surface area contributed by atoms with E-state index in [0.717, 1.165) is 12.0 Å². The molecule has 1 saturated carbocycles. The molecule has 31 heavy (non-hydrogen) atoms. The Morgan fingerprint density at radius 1 is 1.16 bits per heavy atom. The predicted molar refractivity (Wildman–Crippen MR) is 118 cm³/mol. The third-order valence-electron chi connectivity index (χ3n) is 4.70. The van der Waals surface area contributed by atoms with Crippen LogP contribution in [0.15, 0.2) is 25.3 Å². The van der Waals surface area contributed by atoms with Crippen molar-refractivity contribution in [1.29, 1.82) is 0 Å². The number of hydrogen-bond acceptors (Lipinski definition) is 5. The van der Waals surface area contributed by atoms with Gasteiger partial charge in [0, 0.05) is 20.1 Å². The number of alkyl carbamates (subject to hydrolysis) is 1. The molecule has 1 aliphatic heterocycles. The molecule has 2 atom stereocenters. The Bertz CT molecular complexity index is 682. The maximum atomic E-state index is 12.9. The monoisotopic (exact) mass is 436 g/mol. The lowest BCUT2D eigenvalue weighted by atomic mass is 10.1. The predicted octanol–water partition coefficient (Wildman–Crippen LogP) is 1.50. The molecule has 2 fully saturated rings. The second-order valence-electron chi connectivity index (χ2n) is 8.53. The summed E-state index contributed by atoms with van der Waals surface area (Å²) in [6, 6.07) is -1.65. The van der Waals surface area contributed by atoms with E-state index in [-0.39, 0.29) is 12.5 Å². The average Bonchev–Trinajstić information content (AvgIpc) is 3.43. The SMILES string of the molecule is C=CC(=O)NCC(NC(=O)OC(C)(C)C)C(=O)N1CCCC1C(=O)NC.C=CC1CC1. The summed E-state index contributed by atoms with van der Waals surface area (Å²) >= 11 is 0. The maximum absolute atomic E-state index is 12.9. The molecule has 174 valence electrons. The molecule has 4 amide bonds. The van der Waals surface area contributed by atoms with Crippen LogP contribution in [0.5, 0.6) is 0 Å². The number of carbonyl (C=O) groups is 4. The Morgan fingerprint density at radius 2 is 1.81 bits per heavy atom. The number of carbonyl (C=O) groups excluding carboxylic acids is 4. The standard InChI is InChI=1S/C17H28N4O5.C5H8/c1-6-13(22)19-10-11(20-16(25)26-17(2,3)4)15(24)21-9-7-8-12(21)14(23)18-5;1-2-5-3-4-5/h6,11-12H,1,7-10H2,2-5H3,(H,18,23)(H,19,22)(H,20,25);2,5H,1,3-4H2. The van der Waals surface area contributed by atoms with E-state index in [0.29, 0.717) is 19.4 Å². The van der Waals surface area contributed by atoms with Crippen molar-refractivity contribution in [1.82, 2.24) is 20.9 Å². The topological polar surface area (TPSA) is 117 Å². The minimum atomic E-state index is -1.06. The quantitative estimate of drug-likeness (QED) is 0.413. The van der Waals surface area contributed by atoms with Crippen molar-refractivity contribution < 1.29 is 23.9 Å². The molecule has 1 heterocycles. The first-order valence-corrected chi connectivity index (χ1v) is 10.6. The van der Waals surface area contributed by atoms with E-state index in [4.69, 9.17) is 4.74 Å². The Morgan fingerprint density at radius 3 is 2.26 bits per heavy atom. The van der Waals surface area contributed by atoms with Crippen LogP contribution in [0.25, 0.3) is 0 Å². The van der Waals surface area contributed by atoms with Gasteiger partial charge in [-0.2, -0.15) is 0 Å². The van der Waals surface area contributed by atoms with Crippen LogP contribution in [0.1, 0.15) is 46.5 Å². The van der Waals surface area contributed by atoms with E-state index in [1.54, 1.807) is 20.8 Å². The van der Waals surface area contributed by atoms with E-state index in [1.165, 1.54) is 24.8 Å². The van der Waals surface area contributed by atoms with Crippen LogP contribution in [0.2, 0.25) is 0 Å². The number of amides is 4. The molecule has 0 aromatic carbocycles. The van der Waals surface area contributed by atoms with Gasteiger partial charge in [-0.1, -0.05) is 12.7 Å². The van der Waals surface area contributed by atoms with Crippen LogP contribution in [0, 0.1) is 5.92 Å². The van der Waals surface area contributed by atoms with E-state index in [9.17, 15) is 19.2 Å². The molecular weight excluding hydrogens is 400 g/mol. The molecule has 0 aromatic rings. The van der Waals surface area contributed by atoms with Crippen LogP contribution in [-0.2, 0) is 19.1 Å². The third kappa shape index (κ3) is 9.67. The smallest absolute Gasteiger partial charge is 0.408 e. The summed E-state index contributed by atoms with van der Waals surface area (Å²) in [5, 5.41) is 7.50. The van der Waals surface area contributed by atoms with Gasteiger partial charge in [-0.3, -0.25) is 14.4 Å². The Balaban J connectivity index is 0.000000836. The van der Waals surface area contributed by atoms with Crippen LogP contribution in [-0.4, -0.2) is 66.5 Å². The molecule has 1 saturated heterocycles. The van der Waals surface area contributed by atoms with Gasteiger partial charge in [-0.15, -0.1) is 6.58 Å². The Hall–Kier alpha value is -2.84. The van der Waals surface area contributed by atoms with Crippen molar-refractivity contribution in [2.75, 3.05) is 20.1 Å². The fraction of sp³-hybridized carbons (Fsp3) is 0.636. The summed E-state index contributed by atoms with van der Waals surface area (Å²) in [4.78, 5) is 49.8. The van der Waals surface area contributed by atoms with Gasteiger partial charge in [-0.25, -0.2) is 4.79 Å². The van der Waals surface area contributed by atoms with Crippen molar-refractivity contribution in [3.05, 3.63) is 25.3 Å². The minimum absolute atomic E-state index is 0.139. The zero-order valence-corrected chi connectivity index (χ0v) is 19.0. The molecule has 0 bridgehead atoms. The van der Waals surface area contributed by atoms with Crippen LogP contribution >= 0.6 is 0 Å². The second-order valence-corrected chi connectivity index (χ2v) is 8.53. The highest BCUT2D eigenvalue weighted by atomic mass is 16.6. The van der Waals surface area contributed by atoms with Gasteiger partial charge in [0.05, 0.1) is 0 Å². The molecule has 9 nitrogen and oxygen atoms in total. The zero-order valence-electron chi connectivity index (χ0n) is 19.0. The lowest BCUT2D eigenvalue weighted by Crippen LogP contribution is -2.57. The van der Waals surface area contributed by atoms with Gasteiger partial charge in [0.2, 0.25) is 17.7 Å². The molecule has 2 unspecified atom stereocenters. The fourth-order valence-electron chi connectivity index (χ4n) is 2.93. The molecule has 0 aromatic heterocycles. The van der Waals surface area contributed by atoms with Crippen LogP contribution < -0.4 is 16.0 Å². The maximum Gasteiger partial charge on any atom is 0.408 e. The Kier molecular flexibility index (Phi) is 10.2. The van der Waals surface area contributed by atoms with E-state index in [1.807, 2.05) is 6.08 Å². The Labute approximate surface area is 184 Å². The number of nitrogens with zero attached hydrogens (tertiary/aromatic N) is 1. The van der Waals surface area contributed by atoms with Gasteiger partial charge in [0.25, 0.3) is 0 Å². The van der Waals surface area contributed by atoms with Crippen molar-refractivity contribution in [3.8, 4) is 0 Å². The van der Waals surface area contributed by atoms with E-state index in [2.05, 4.69) is 29.1 Å². The number of nitrogens with one attached hydrogen (secondary N) is 3. The number of rotatable bonds is 7. The summed E-state index contributed by atoms with van der Waals surface area (Å²) in [5.41, 5.74) is -0.736. The van der Waals surface area contributed by atoms with Gasteiger partial charge >= 0.3 is 6.09 Å². The first-order chi connectivity index (χ1) is 14.5. The summed E-state index contributed by atoms with van der Waals surface area (Å²) in [7, 11) is 1.50. The first-order valence-electron chi connectivity index (χ1n) is 10.6. The first kappa shape index (κ1) is 26.2. The molecule has 1 aliphatic carbocycles. The zero-order chi connectivity index (χ0) is 23.6. The second kappa shape index (κ2) is 12.1. The number of likely N-dealkylation sites (tertiary alicyclic amines) is 1.